The Morgan fingerprint density at radius 1 is 0.947 bits per heavy atom. The van der Waals surface area contributed by atoms with Crippen LogP contribution in [-0.2, 0) is 11.8 Å². The topological polar surface area (TPSA) is 12.0 Å². The summed E-state index contributed by atoms with van der Waals surface area (Å²) >= 11 is 0. The molecule has 1 aliphatic carbocycles. The van der Waals surface area contributed by atoms with Gasteiger partial charge in [0.25, 0.3) is 0 Å². The normalized spacial score (nSPS) is 28.7. The summed E-state index contributed by atoms with van der Waals surface area (Å²) in [5, 5.41) is 3.78. The lowest BCUT2D eigenvalue weighted by Crippen LogP contribution is -2.44. The highest BCUT2D eigenvalue weighted by Crippen LogP contribution is 2.51. The van der Waals surface area contributed by atoms with Crippen LogP contribution in [0.2, 0.25) is 0 Å². The first kappa shape index (κ1) is 11.2. The fourth-order valence-corrected chi connectivity index (χ4v) is 4.09. The second-order valence-electron chi connectivity index (χ2n) is 5.89. The third-order valence-corrected chi connectivity index (χ3v) is 4.92. The first-order valence-electron chi connectivity index (χ1n) is 7.27. The van der Waals surface area contributed by atoms with E-state index in [4.69, 9.17) is 0 Å². The van der Waals surface area contributed by atoms with Crippen LogP contribution in [0.15, 0.2) is 54.6 Å². The molecule has 2 aromatic carbocycles. The zero-order valence-electron chi connectivity index (χ0n) is 11.1. The Labute approximate surface area is 114 Å². The lowest BCUT2D eigenvalue weighted by molar-refractivity contribution is 0.248. The number of benzene rings is 2. The molecule has 4 rings (SSSR count). The quantitative estimate of drug-likeness (QED) is 0.814. The smallest absolute Gasteiger partial charge is 0.0424 e. The van der Waals surface area contributed by atoms with Gasteiger partial charge in [-0.25, -0.2) is 0 Å². The van der Waals surface area contributed by atoms with Crippen LogP contribution < -0.4 is 5.32 Å². The molecule has 1 saturated heterocycles. The number of hydrogen-bond donors (Lipinski definition) is 1. The number of fused-ring (bicyclic) bond motifs is 3. The van der Waals surface area contributed by atoms with Crippen LogP contribution in [0.25, 0.3) is 0 Å². The molecule has 0 radical (unpaired) electrons. The standard InChI is InChI=1S/C18H19N/c1-2-8-15(9-3-1)18-11-6-12-19-17(18)16-10-5-4-7-14(16)13-18/h1-5,7-10,17,19H,6,11-13H2/t17-,18+/m0/s1. The lowest BCUT2D eigenvalue weighted by atomic mass is 9.69. The van der Waals surface area contributed by atoms with Gasteiger partial charge in [-0.1, -0.05) is 54.6 Å². The molecule has 96 valence electrons. The summed E-state index contributed by atoms with van der Waals surface area (Å²) in [5.74, 6) is 0. The van der Waals surface area contributed by atoms with E-state index in [1.165, 1.54) is 36.0 Å². The van der Waals surface area contributed by atoms with Crippen LogP contribution in [0.3, 0.4) is 0 Å². The summed E-state index contributed by atoms with van der Waals surface area (Å²) in [5.41, 5.74) is 4.84. The van der Waals surface area contributed by atoms with Gasteiger partial charge in [0.05, 0.1) is 0 Å². The van der Waals surface area contributed by atoms with Crippen LogP contribution in [0.1, 0.15) is 35.6 Å². The summed E-state index contributed by atoms with van der Waals surface area (Å²) in [4.78, 5) is 0. The van der Waals surface area contributed by atoms with E-state index in [9.17, 15) is 0 Å². The minimum atomic E-state index is 0.281. The molecule has 19 heavy (non-hydrogen) atoms. The van der Waals surface area contributed by atoms with Crippen LogP contribution in [-0.4, -0.2) is 6.54 Å². The van der Waals surface area contributed by atoms with Crippen molar-refractivity contribution >= 4 is 0 Å². The maximum Gasteiger partial charge on any atom is 0.0424 e. The summed E-state index contributed by atoms with van der Waals surface area (Å²) in [6.45, 7) is 1.15. The zero-order valence-corrected chi connectivity index (χ0v) is 11.1. The minimum Gasteiger partial charge on any atom is -0.309 e. The molecular weight excluding hydrogens is 230 g/mol. The molecule has 1 nitrogen and oxygen atoms in total. The van der Waals surface area contributed by atoms with E-state index in [-0.39, 0.29) is 5.41 Å². The van der Waals surface area contributed by atoms with E-state index >= 15 is 0 Å². The monoisotopic (exact) mass is 249 g/mol. The van der Waals surface area contributed by atoms with Crippen molar-refractivity contribution in [2.75, 3.05) is 6.54 Å². The maximum absolute atomic E-state index is 3.78. The van der Waals surface area contributed by atoms with E-state index in [0.717, 1.165) is 6.54 Å². The van der Waals surface area contributed by atoms with Gasteiger partial charge in [-0.3, -0.25) is 0 Å². The highest BCUT2D eigenvalue weighted by atomic mass is 15.0. The van der Waals surface area contributed by atoms with E-state index in [0.29, 0.717) is 6.04 Å². The highest BCUT2D eigenvalue weighted by Gasteiger charge is 2.48. The highest BCUT2D eigenvalue weighted by molar-refractivity contribution is 5.46. The molecular formula is C18H19N. The predicted molar refractivity (Wildman–Crippen MR) is 78.2 cm³/mol. The van der Waals surface area contributed by atoms with Crippen molar-refractivity contribution in [3.05, 3.63) is 71.3 Å². The van der Waals surface area contributed by atoms with Gasteiger partial charge in [-0.15, -0.1) is 0 Å². The molecule has 1 heteroatoms. The van der Waals surface area contributed by atoms with Gasteiger partial charge >= 0.3 is 0 Å². The maximum atomic E-state index is 3.78. The van der Waals surface area contributed by atoms with Crippen LogP contribution in [0, 0.1) is 0 Å². The van der Waals surface area contributed by atoms with Crippen molar-refractivity contribution < 1.29 is 0 Å². The van der Waals surface area contributed by atoms with Gasteiger partial charge < -0.3 is 5.32 Å². The second kappa shape index (κ2) is 4.21. The molecule has 1 fully saturated rings. The van der Waals surface area contributed by atoms with E-state index in [2.05, 4.69) is 59.9 Å². The van der Waals surface area contributed by atoms with Crippen molar-refractivity contribution in [3.63, 3.8) is 0 Å². The zero-order chi connectivity index (χ0) is 12.7. The molecule has 0 aromatic heterocycles. The molecule has 2 aliphatic rings. The first-order chi connectivity index (χ1) is 9.40. The number of piperidine rings is 1. The van der Waals surface area contributed by atoms with Gasteiger partial charge in [0.15, 0.2) is 0 Å². The Morgan fingerprint density at radius 2 is 1.74 bits per heavy atom. The first-order valence-corrected chi connectivity index (χ1v) is 7.27. The summed E-state index contributed by atoms with van der Waals surface area (Å²) in [6.07, 6.45) is 3.76. The Kier molecular flexibility index (Phi) is 2.49. The molecule has 1 heterocycles. The van der Waals surface area contributed by atoms with Gasteiger partial charge in [-0.05, 0) is 42.5 Å². The summed E-state index contributed by atoms with van der Waals surface area (Å²) < 4.78 is 0. The molecule has 1 aliphatic heterocycles. The van der Waals surface area contributed by atoms with Crippen molar-refractivity contribution in [3.8, 4) is 0 Å². The molecule has 1 N–H and O–H groups in total. The van der Waals surface area contributed by atoms with Crippen LogP contribution in [0.5, 0.6) is 0 Å². The third kappa shape index (κ3) is 1.58. The molecule has 0 unspecified atom stereocenters. The Morgan fingerprint density at radius 3 is 2.63 bits per heavy atom. The van der Waals surface area contributed by atoms with Gasteiger partial charge in [0.2, 0.25) is 0 Å². The number of hydrogen-bond acceptors (Lipinski definition) is 1. The Bertz CT molecular complexity index is 590. The van der Waals surface area contributed by atoms with Gasteiger partial charge in [-0.2, -0.15) is 0 Å². The largest absolute Gasteiger partial charge is 0.309 e. The van der Waals surface area contributed by atoms with E-state index in [1.807, 2.05) is 0 Å². The van der Waals surface area contributed by atoms with E-state index in [1.54, 1.807) is 0 Å². The fraction of sp³-hybridized carbons (Fsp3) is 0.333. The fourth-order valence-electron chi connectivity index (χ4n) is 4.09. The number of rotatable bonds is 1. The lowest BCUT2D eigenvalue weighted by Gasteiger charge is -2.41. The minimum absolute atomic E-state index is 0.281. The molecule has 0 spiro atoms. The van der Waals surface area contributed by atoms with Gasteiger partial charge in [0, 0.05) is 11.5 Å². The predicted octanol–water partition coefficient (Wildman–Crippen LogP) is 3.61. The van der Waals surface area contributed by atoms with Crippen LogP contribution >= 0.6 is 0 Å². The van der Waals surface area contributed by atoms with E-state index < -0.39 is 0 Å². The Balaban J connectivity index is 1.87. The molecule has 2 aromatic rings. The molecule has 0 amide bonds. The third-order valence-electron chi connectivity index (χ3n) is 4.92. The van der Waals surface area contributed by atoms with Crippen LogP contribution in [0.4, 0.5) is 0 Å². The molecule has 0 saturated carbocycles. The van der Waals surface area contributed by atoms with Gasteiger partial charge in [0.1, 0.15) is 0 Å². The molecule has 2 atom stereocenters. The van der Waals surface area contributed by atoms with Crippen molar-refractivity contribution in [2.45, 2.75) is 30.7 Å². The SMILES string of the molecule is c1ccc([C@]23CCCN[C@H]2c2ccccc2C3)cc1. The molecule has 0 bridgehead atoms. The second-order valence-corrected chi connectivity index (χ2v) is 5.89. The van der Waals surface area contributed by atoms with Crippen molar-refractivity contribution in [1.82, 2.24) is 5.32 Å². The average Bonchev–Trinajstić information content (AvgIpc) is 2.84. The van der Waals surface area contributed by atoms with Crippen molar-refractivity contribution in [1.29, 1.82) is 0 Å². The van der Waals surface area contributed by atoms with Crippen molar-refractivity contribution in [2.24, 2.45) is 0 Å². The summed E-state index contributed by atoms with van der Waals surface area (Å²) in [6, 6.07) is 20.6. The number of nitrogens with one attached hydrogen (secondary N) is 1. The Hall–Kier alpha value is -1.60. The summed E-state index contributed by atoms with van der Waals surface area (Å²) in [7, 11) is 0. The average molecular weight is 249 g/mol.